The summed E-state index contributed by atoms with van der Waals surface area (Å²) in [5.74, 6) is 0.175. The molecule has 2 heterocycles. The van der Waals surface area contributed by atoms with E-state index >= 15 is 0 Å². The van der Waals surface area contributed by atoms with Crippen LogP contribution in [0.2, 0.25) is 0 Å². The van der Waals surface area contributed by atoms with Gasteiger partial charge >= 0.3 is 0 Å². The van der Waals surface area contributed by atoms with Crippen molar-refractivity contribution >= 4 is 5.91 Å². The molecule has 1 aromatic heterocycles. The molecule has 5 nitrogen and oxygen atoms in total. The molecule has 2 aromatic rings. The van der Waals surface area contributed by atoms with Crippen molar-refractivity contribution in [2.75, 3.05) is 6.54 Å². The number of carbonyl (C=O) groups is 1. The van der Waals surface area contributed by atoms with Crippen molar-refractivity contribution in [1.29, 1.82) is 0 Å². The molecular formula is C14H14FN3O2. The van der Waals surface area contributed by atoms with Crippen molar-refractivity contribution in [3.05, 3.63) is 52.7 Å². The summed E-state index contributed by atoms with van der Waals surface area (Å²) in [6.07, 6.45) is 0.601. The van der Waals surface area contributed by atoms with Gasteiger partial charge in [-0.05, 0) is 18.2 Å². The molecule has 104 valence electrons. The molecule has 0 saturated heterocycles. The number of amides is 1. The molecule has 6 heteroatoms. The average Bonchev–Trinajstić information content (AvgIpc) is 2.88. The molecule has 3 rings (SSSR count). The summed E-state index contributed by atoms with van der Waals surface area (Å²) in [6, 6.07) is 5.70. The minimum Gasteiger partial charge on any atom is -0.361 e. The Morgan fingerprint density at radius 3 is 3.10 bits per heavy atom. The van der Waals surface area contributed by atoms with E-state index in [4.69, 9.17) is 10.3 Å². The normalized spacial score (nSPS) is 14.2. The number of nitrogens with zero attached hydrogens (tertiary/aromatic N) is 2. The molecule has 0 radical (unpaired) electrons. The number of halogens is 1. The molecule has 2 N–H and O–H groups in total. The number of nitrogens with two attached hydrogens (primary N) is 1. The van der Waals surface area contributed by atoms with Crippen molar-refractivity contribution in [1.82, 2.24) is 10.1 Å². The van der Waals surface area contributed by atoms with E-state index in [0.717, 1.165) is 11.3 Å². The first-order valence-electron chi connectivity index (χ1n) is 6.40. The lowest BCUT2D eigenvalue weighted by molar-refractivity contribution is 0.0728. The van der Waals surface area contributed by atoms with Crippen LogP contribution in [-0.2, 0) is 19.5 Å². The summed E-state index contributed by atoms with van der Waals surface area (Å²) < 4.78 is 18.4. The van der Waals surface area contributed by atoms with Crippen molar-refractivity contribution in [2.24, 2.45) is 5.73 Å². The number of rotatable bonds is 2. The van der Waals surface area contributed by atoms with Crippen molar-refractivity contribution < 1.29 is 13.7 Å². The Balaban J connectivity index is 1.84. The molecule has 0 spiro atoms. The van der Waals surface area contributed by atoms with Crippen LogP contribution in [0.4, 0.5) is 4.39 Å². The molecule has 0 fully saturated rings. The van der Waals surface area contributed by atoms with Gasteiger partial charge in [0, 0.05) is 30.6 Å². The highest BCUT2D eigenvalue weighted by atomic mass is 19.1. The second-order valence-electron chi connectivity index (χ2n) is 4.72. The monoisotopic (exact) mass is 275 g/mol. The number of fused-ring (bicyclic) bond motifs is 1. The van der Waals surface area contributed by atoms with E-state index in [1.165, 1.54) is 18.2 Å². The van der Waals surface area contributed by atoms with Crippen LogP contribution in [0, 0.1) is 5.82 Å². The number of benzene rings is 1. The van der Waals surface area contributed by atoms with Gasteiger partial charge in [-0.15, -0.1) is 0 Å². The molecule has 1 aromatic carbocycles. The Hall–Kier alpha value is -2.21. The van der Waals surface area contributed by atoms with Crippen LogP contribution < -0.4 is 5.73 Å². The fraction of sp³-hybridized carbons (Fsp3) is 0.286. The van der Waals surface area contributed by atoms with Crippen molar-refractivity contribution in [3.8, 4) is 0 Å². The van der Waals surface area contributed by atoms with Gasteiger partial charge in [0.05, 0.1) is 6.54 Å². The Morgan fingerprint density at radius 1 is 1.50 bits per heavy atom. The predicted octanol–water partition coefficient (Wildman–Crippen LogP) is 1.47. The molecule has 0 bridgehead atoms. The molecular weight excluding hydrogens is 261 g/mol. The van der Waals surface area contributed by atoms with Gasteiger partial charge < -0.3 is 15.2 Å². The SMILES string of the molecule is NCc1noc2c1CN(C(=O)c1cccc(F)c1)CC2. The fourth-order valence-electron chi connectivity index (χ4n) is 2.40. The second kappa shape index (κ2) is 5.05. The third kappa shape index (κ3) is 2.18. The van der Waals surface area contributed by atoms with Crippen LogP contribution in [0.15, 0.2) is 28.8 Å². The molecule has 0 unspecified atom stereocenters. The lowest BCUT2D eigenvalue weighted by Crippen LogP contribution is -2.36. The van der Waals surface area contributed by atoms with Crippen LogP contribution in [0.25, 0.3) is 0 Å². The van der Waals surface area contributed by atoms with Gasteiger partial charge in [-0.1, -0.05) is 11.2 Å². The summed E-state index contributed by atoms with van der Waals surface area (Å²) in [7, 11) is 0. The van der Waals surface area contributed by atoms with E-state index < -0.39 is 5.82 Å². The average molecular weight is 275 g/mol. The van der Waals surface area contributed by atoms with Crippen molar-refractivity contribution in [2.45, 2.75) is 19.5 Å². The summed E-state index contributed by atoms with van der Waals surface area (Å²) >= 11 is 0. The fourth-order valence-corrected chi connectivity index (χ4v) is 2.40. The summed E-state index contributed by atoms with van der Waals surface area (Å²) in [5, 5.41) is 3.90. The third-order valence-electron chi connectivity index (χ3n) is 3.46. The molecule has 0 atom stereocenters. The van der Waals surface area contributed by atoms with Gasteiger partial charge in [0.25, 0.3) is 5.91 Å². The lowest BCUT2D eigenvalue weighted by atomic mass is 10.0. The lowest BCUT2D eigenvalue weighted by Gasteiger charge is -2.26. The van der Waals surface area contributed by atoms with Crippen LogP contribution >= 0.6 is 0 Å². The van der Waals surface area contributed by atoms with Crippen LogP contribution in [0.3, 0.4) is 0 Å². The first kappa shape index (κ1) is 12.8. The van der Waals surface area contributed by atoms with E-state index in [2.05, 4.69) is 5.16 Å². The minimum absolute atomic E-state index is 0.195. The van der Waals surface area contributed by atoms with E-state index in [9.17, 15) is 9.18 Å². The maximum Gasteiger partial charge on any atom is 0.254 e. The quantitative estimate of drug-likeness (QED) is 0.900. The van der Waals surface area contributed by atoms with Gasteiger partial charge in [0.1, 0.15) is 17.3 Å². The van der Waals surface area contributed by atoms with E-state index in [-0.39, 0.29) is 12.5 Å². The summed E-state index contributed by atoms with van der Waals surface area (Å²) in [6.45, 7) is 1.21. The largest absolute Gasteiger partial charge is 0.361 e. The van der Waals surface area contributed by atoms with Gasteiger partial charge in [0.2, 0.25) is 0 Å². The highest BCUT2D eigenvalue weighted by Gasteiger charge is 2.27. The smallest absolute Gasteiger partial charge is 0.254 e. The Kier molecular flexibility index (Phi) is 3.23. The van der Waals surface area contributed by atoms with Gasteiger partial charge in [-0.3, -0.25) is 4.79 Å². The van der Waals surface area contributed by atoms with E-state index in [1.807, 2.05) is 0 Å². The molecule has 1 amide bonds. The van der Waals surface area contributed by atoms with E-state index in [1.54, 1.807) is 11.0 Å². The number of hydrogen-bond acceptors (Lipinski definition) is 4. The Morgan fingerprint density at radius 2 is 2.35 bits per heavy atom. The summed E-state index contributed by atoms with van der Waals surface area (Å²) in [4.78, 5) is 14.0. The van der Waals surface area contributed by atoms with Gasteiger partial charge in [0.15, 0.2) is 0 Å². The first-order chi connectivity index (χ1) is 9.69. The van der Waals surface area contributed by atoms with E-state index in [0.29, 0.717) is 30.8 Å². The van der Waals surface area contributed by atoms with Crippen molar-refractivity contribution in [3.63, 3.8) is 0 Å². The van der Waals surface area contributed by atoms with Crippen LogP contribution in [0.1, 0.15) is 27.4 Å². The first-order valence-corrected chi connectivity index (χ1v) is 6.40. The molecule has 0 saturated carbocycles. The minimum atomic E-state index is -0.416. The topological polar surface area (TPSA) is 72.4 Å². The maximum atomic E-state index is 13.2. The van der Waals surface area contributed by atoms with Gasteiger partial charge in [-0.25, -0.2) is 4.39 Å². The predicted molar refractivity (Wildman–Crippen MR) is 69.2 cm³/mol. The highest BCUT2D eigenvalue weighted by Crippen LogP contribution is 2.23. The second-order valence-corrected chi connectivity index (χ2v) is 4.72. The molecule has 1 aliphatic rings. The Bertz CT molecular complexity index is 640. The van der Waals surface area contributed by atoms with Crippen LogP contribution in [-0.4, -0.2) is 22.5 Å². The maximum absolute atomic E-state index is 13.2. The summed E-state index contributed by atoms with van der Waals surface area (Å²) in [5.41, 5.74) is 7.50. The molecule has 0 aliphatic carbocycles. The van der Waals surface area contributed by atoms with Gasteiger partial charge in [-0.2, -0.15) is 0 Å². The highest BCUT2D eigenvalue weighted by molar-refractivity contribution is 5.94. The number of carbonyl (C=O) groups excluding carboxylic acids is 1. The molecule has 1 aliphatic heterocycles. The zero-order valence-electron chi connectivity index (χ0n) is 10.8. The Labute approximate surface area is 115 Å². The molecule has 20 heavy (non-hydrogen) atoms. The number of hydrogen-bond donors (Lipinski definition) is 1. The van der Waals surface area contributed by atoms with Crippen LogP contribution in [0.5, 0.6) is 0 Å². The zero-order valence-corrected chi connectivity index (χ0v) is 10.8. The zero-order chi connectivity index (χ0) is 14.1. The number of aromatic nitrogens is 1. The standard InChI is InChI=1S/C14H14FN3O2/c15-10-3-1-2-9(6-10)14(19)18-5-4-13-11(8-18)12(7-16)17-20-13/h1-3,6H,4-5,7-8,16H2. The third-order valence-corrected chi connectivity index (χ3v) is 3.46.